The lowest BCUT2D eigenvalue weighted by atomic mass is 9.87. The molecule has 0 heterocycles. The third-order valence-electron chi connectivity index (χ3n) is 5.41. The highest BCUT2D eigenvalue weighted by molar-refractivity contribution is 5.75. The van der Waals surface area contributed by atoms with Gasteiger partial charge in [-0.15, -0.1) is 0 Å². The van der Waals surface area contributed by atoms with Crippen LogP contribution in [-0.2, 0) is 5.41 Å². The van der Waals surface area contributed by atoms with E-state index in [2.05, 4.69) is 55.3 Å². The molecule has 0 atom stereocenters. The second-order valence-corrected chi connectivity index (χ2v) is 9.40. The van der Waals surface area contributed by atoms with Gasteiger partial charge in [-0.25, -0.2) is 0 Å². The Bertz CT molecular complexity index is 1160. The van der Waals surface area contributed by atoms with Crippen LogP contribution in [0.3, 0.4) is 0 Å². The van der Waals surface area contributed by atoms with E-state index in [1.165, 1.54) is 5.56 Å². The van der Waals surface area contributed by atoms with Crippen molar-refractivity contribution in [1.82, 2.24) is 0 Å². The molecule has 0 amide bonds. The lowest BCUT2D eigenvalue weighted by Gasteiger charge is -2.19. The average molecular weight is 489 g/mol. The highest BCUT2D eigenvalue weighted by Crippen LogP contribution is 2.31. The van der Waals surface area contributed by atoms with Crippen molar-refractivity contribution in [3.05, 3.63) is 84.1 Å². The summed E-state index contributed by atoms with van der Waals surface area (Å²) in [7, 11) is 1.59. The van der Waals surface area contributed by atoms with Gasteiger partial charge in [0.15, 0.2) is 11.5 Å². The zero-order valence-electron chi connectivity index (χ0n) is 21.7. The molecule has 0 aliphatic heterocycles. The van der Waals surface area contributed by atoms with Gasteiger partial charge in [-0.05, 0) is 72.5 Å². The maximum atomic E-state index is 8.95. The molecule has 36 heavy (non-hydrogen) atoms. The summed E-state index contributed by atoms with van der Waals surface area (Å²) in [4.78, 5) is 4.46. The van der Waals surface area contributed by atoms with Crippen molar-refractivity contribution in [1.29, 1.82) is 0 Å². The number of hydrogen-bond acceptors (Lipinski definition) is 6. The first-order valence-electron chi connectivity index (χ1n) is 12.1. The van der Waals surface area contributed by atoms with Crippen LogP contribution in [0, 0.1) is 0 Å². The van der Waals surface area contributed by atoms with Gasteiger partial charge in [-0.3, -0.25) is 4.99 Å². The number of methoxy groups -OCH3 is 1. The fraction of sp³-hybridized carbons (Fsp3) is 0.300. The SMILES string of the molecule is COc1ccc(N=C/C=C(\C)Oc2ccc(Nc3ccc(C(C)(C)C)cc3)cc2)cc1OCCCO. The van der Waals surface area contributed by atoms with Gasteiger partial charge in [0.25, 0.3) is 0 Å². The smallest absolute Gasteiger partial charge is 0.163 e. The number of aliphatic imine (C=N–C) groups is 1. The van der Waals surface area contributed by atoms with Gasteiger partial charge >= 0.3 is 0 Å². The Balaban J connectivity index is 1.56. The van der Waals surface area contributed by atoms with Crippen LogP contribution in [0.1, 0.15) is 39.7 Å². The van der Waals surface area contributed by atoms with Gasteiger partial charge in [0.05, 0.1) is 19.4 Å². The van der Waals surface area contributed by atoms with E-state index in [1.807, 2.05) is 43.3 Å². The van der Waals surface area contributed by atoms with Gasteiger partial charge in [-0.2, -0.15) is 0 Å². The summed E-state index contributed by atoms with van der Waals surface area (Å²) in [6.45, 7) is 9.00. The third-order valence-corrected chi connectivity index (χ3v) is 5.41. The number of nitrogens with zero attached hydrogens (tertiary/aromatic N) is 1. The Morgan fingerprint density at radius 3 is 2.22 bits per heavy atom. The van der Waals surface area contributed by atoms with Crippen LogP contribution >= 0.6 is 0 Å². The normalized spacial score (nSPS) is 12.0. The molecule has 0 spiro atoms. The van der Waals surface area contributed by atoms with E-state index in [9.17, 15) is 0 Å². The van der Waals surface area contributed by atoms with Crippen molar-refractivity contribution in [3.8, 4) is 17.2 Å². The molecule has 0 aliphatic carbocycles. The summed E-state index contributed by atoms with van der Waals surface area (Å²) in [5, 5.41) is 12.4. The maximum absolute atomic E-state index is 8.95. The fourth-order valence-electron chi connectivity index (χ4n) is 3.38. The molecule has 0 aromatic heterocycles. The lowest BCUT2D eigenvalue weighted by Crippen LogP contribution is -2.10. The standard InChI is InChI=1S/C30H36N2O4/c1-22(17-18-31-26-13-16-28(34-5)29(21-26)35-20-6-19-33)36-27-14-11-25(12-15-27)32-24-9-7-23(8-10-24)30(2,3)4/h7-18,21,32-33H,6,19-20H2,1-5H3/b22-17+,31-18?. The molecule has 0 unspecified atom stereocenters. The number of aliphatic hydroxyl groups excluding tert-OH is 1. The van der Waals surface area contributed by atoms with Crippen LogP contribution in [0.2, 0.25) is 0 Å². The Kier molecular flexibility index (Phi) is 9.53. The molecule has 190 valence electrons. The number of benzene rings is 3. The second kappa shape index (κ2) is 12.8. The molecule has 3 rings (SSSR count). The van der Waals surface area contributed by atoms with E-state index in [0.29, 0.717) is 30.3 Å². The van der Waals surface area contributed by atoms with Crippen LogP contribution in [-0.4, -0.2) is 31.6 Å². The number of hydrogen-bond donors (Lipinski definition) is 2. The van der Waals surface area contributed by atoms with Gasteiger partial charge in [0, 0.05) is 36.7 Å². The van der Waals surface area contributed by atoms with Crippen LogP contribution in [0.25, 0.3) is 0 Å². The number of ether oxygens (including phenoxy) is 3. The Morgan fingerprint density at radius 2 is 1.61 bits per heavy atom. The van der Waals surface area contributed by atoms with Crippen LogP contribution < -0.4 is 19.5 Å². The molecule has 0 bridgehead atoms. The van der Waals surface area contributed by atoms with E-state index >= 15 is 0 Å². The molecule has 0 radical (unpaired) electrons. The van der Waals surface area contributed by atoms with Crippen molar-refractivity contribution < 1.29 is 19.3 Å². The Hall–Kier alpha value is -3.77. The quantitative estimate of drug-likeness (QED) is 0.170. The highest BCUT2D eigenvalue weighted by atomic mass is 16.5. The van der Waals surface area contributed by atoms with Gasteiger partial charge in [-0.1, -0.05) is 32.9 Å². The van der Waals surface area contributed by atoms with Crippen molar-refractivity contribution in [2.24, 2.45) is 4.99 Å². The number of rotatable bonds is 11. The van der Waals surface area contributed by atoms with E-state index in [-0.39, 0.29) is 12.0 Å². The highest BCUT2D eigenvalue weighted by Gasteiger charge is 2.12. The van der Waals surface area contributed by atoms with Gasteiger partial charge in [0.2, 0.25) is 0 Å². The zero-order valence-corrected chi connectivity index (χ0v) is 21.7. The van der Waals surface area contributed by atoms with Crippen molar-refractivity contribution >= 4 is 23.3 Å². The number of allylic oxidation sites excluding steroid dienone is 2. The Labute approximate surface area is 214 Å². The summed E-state index contributed by atoms with van der Waals surface area (Å²) in [6, 6.07) is 21.8. The average Bonchev–Trinajstić information content (AvgIpc) is 2.85. The first-order valence-corrected chi connectivity index (χ1v) is 12.1. The third kappa shape index (κ3) is 8.17. The molecule has 0 aliphatic rings. The summed E-state index contributed by atoms with van der Waals surface area (Å²) >= 11 is 0. The number of anilines is 2. The largest absolute Gasteiger partial charge is 0.493 e. The summed E-state index contributed by atoms with van der Waals surface area (Å²) in [5.41, 5.74) is 4.21. The molecule has 6 heteroatoms. The summed E-state index contributed by atoms with van der Waals surface area (Å²) < 4.78 is 16.9. The van der Waals surface area contributed by atoms with Crippen molar-refractivity contribution in [2.45, 2.75) is 39.5 Å². The van der Waals surface area contributed by atoms with E-state index < -0.39 is 0 Å². The van der Waals surface area contributed by atoms with Gasteiger partial charge < -0.3 is 24.6 Å². The predicted molar refractivity (Wildman–Crippen MR) is 148 cm³/mol. The molecule has 0 saturated heterocycles. The molecule has 3 aromatic carbocycles. The first-order chi connectivity index (χ1) is 17.3. The number of nitrogens with one attached hydrogen (secondary N) is 1. The molecule has 0 saturated carbocycles. The van der Waals surface area contributed by atoms with Crippen molar-refractivity contribution in [2.75, 3.05) is 25.6 Å². The fourth-order valence-corrected chi connectivity index (χ4v) is 3.38. The minimum Gasteiger partial charge on any atom is -0.493 e. The summed E-state index contributed by atoms with van der Waals surface area (Å²) in [6.07, 6.45) is 4.04. The predicted octanol–water partition coefficient (Wildman–Crippen LogP) is 7.18. The zero-order chi connectivity index (χ0) is 26.0. The van der Waals surface area contributed by atoms with E-state index in [4.69, 9.17) is 19.3 Å². The van der Waals surface area contributed by atoms with Crippen LogP contribution in [0.4, 0.5) is 17.1 Å². The molecule has 0 fully saturated rings. The maximum Gasteiger partial charge on any atom is 0.163 e. The van der Waals surface area contributed by atoms with Gasteiger partial charge in [0.1, 0.15) is 11.5 Å². The van der Waals surface area contributed by atoms with Crippen LogP contribution in [0.15, 0.2) is 83.6 Å². The molecular weight excluding hydrogens is 452 g/mol. The van der Waals surface area contributed by atoms with E-state index in [0.717, 1.165) is 22.8 Å². The van der Waals surface area contributed by atoms with Crippen molar-refractivity contribution in [3.63, 3.8) is 0 Å². The molecule has 6 nitrogen and oxygen atoms in total. The molecular formula is C30H36N2O4. The van der Waals surface area contributed by atoms with E-state index in [1.54, 1.807) is 25.5 Å². The lowest BCUT2D eigenvalue weighted by molar-refractivity contribution is 0.228. The minimum absolute atomic E-state index is 0.0783. The summed E-state index contributed by atoms with van der Waals surface area (Å²) in [5.74, 6) is 2.68. The minimum atomic E-state index is 0.0783. The second-order valence-electron chi connectivity index (χ2n) is 9.40. The topological polar surface area (TPSA) is 72.3 Å². The first kappa shape index (κ1) is 26.8. The number of aliphatic hydroxyl groups is 1. The molecule has 3 aromatic rings. The Morgan fingerprint density at radius 1 is 0.944 bits per heavy atom. The van der Waals surface area contributed by atoms with Crippen LogP contribution in [0.5, 0.6) is 17.2 Å². The molecule has 2 N–H and O–H groups in total. The monoisotopic (exact) mass is 488 g/mol.